The van der Waals surface area contributed by atoms with Gasteiger partial charge in [-0.25, -0.2) is 9.67 Å². The first kappa shape index (κ1) is 15.3. The van der Waals surface area contributed by atoms with Crippen LogP contribution < -0.4 is 4.90 Å². The molecule has 0 bridgehead atoms. The minimum Gasteiger partial charge on any atom is -0.362 e. The van der Waals surface area contributed by atoms with Crippen LogP contribution in [0.2, 0.25) is 0 Å². The van der Waals surface area contributed by atoms with Gasteiger partial charge in [-0.05, 0) is 41.8 Å². The largest absolute Gasteiger partial charge is 0.362 e. The van der Waals surface area contributed by atoms with E-state index in [2.05, 4.69) is 59.5 Å². The second kappa shape index (κ2) is 6.02. The molecule has 0 spiro atoms. The Hall–Kier alpha value is -3.21. The van der Waals surface area contributed by atoms with Gasteiger partial charge in [-0.2, -0.15) is 10.1 Å². The number of fused-ring (bicyclic) bond motifs is 1. The van der Waals surface area contributed by atoms with Crippen molar-refractivity contribution in [2.24, 2.45) is 0 Å². The van der Waals surface area contributed by atoms with Gasteiger partial charge in [0.15, 0.2) is 0 Å². The van der Waals surface area contributed by atoms with E-state index in [1.165, 1.54) is 16.7 Å². The summed E-state index contributed by atoms with van der Waals surface area (Å²) >= 11 is 0. The molecule has 5 nitrogen and oxygen atoms in total. The van der Waals surface area contributed by atoms with Gasteiger partial charge in [0, 0.05) is 31.9 Å². The summed E-state index contributed by atoms with van der Waals surface area (Å²) < 4.78 is 1.68. The molecule has 124 valence electrons. The van der Waals surface area contributed by atoms with Crippen LogP contribution >= 0.6 is 0 Å². The van der Waals surface area contributed by atoms with Gasteiger partial charge in [0.1, 0.15) is 5.82 Å². The van der Waals surface area contributed by atoms with E-state index in [0.29, 0.717) is 5.95 Å². The molecule has 0 amide bonds. The Balaban J connectivity index is 1.94. The first-order valence-corrected chi connectivity index (χ1v) is 8.18. The molecule has 0 saturated carbocycles. The molecule has 4 aromatic rings. The second-order valence-electron chi connectivity index (χ2n) is 6.24. The molecule has 2 heterocycles. The molecule has 0 aliphatic heterocycles. The number of hydrogen-bond acceptors (Lipinski definition) is 4. The van der Waals surface area contributed by atoms with Crippen molar-refractivity contribution in [3.63, 3.8) is 0 Å². The van der Waals surface area contributed by atoms with Crippen LogP contribution in [0.15, 0.2) is 60.9 Å². The normalized spacial score (nSPS) is 11.0. The third-order valence-corrected chi connectivity index (χ3v) is 4.25. The Bertz CT molecular complexity index is 1040. The van der Waals surface area contributed by atoms with E-state index in [1.807, 2.05) is 31.3 Å². The van der Waals surface area contributed by atoms with Crippen molar-refractivity contribution >= 4 is 16.7 Å². The van der Waals surface area contributed by atoms with Crippen LogP contribution in [0.25, 0.3) is 28.0 Å². The zero-order valence-electron chi connectivity index (χ0n) is 14.5. The van der Waals surface area contributed by atoms with Crippen LogP contribution in [-0.2, 0) is 0 Å². The third-order valence-electron chi connectivity index (χ3n) is 4.25. The van der Waals surface area contributed by atoms with E-state index >= 15 is 0 Å². The lowest BCUT2D eigenvalue weighted by atomic mass is 9.99. The van der Waals surface area contributed by atoms with Gasteiger partial charge in [-0.15, -0.1) is 0 Å². The van der Waals surface area contributed by atoms with Crippen molar-refractivity contribution in [2.45, 2.75) is 6.92 Å². The minimum absolute atomic E-state index is 0.574. The second-order valence-corrected chi connectivity index (χ2v) is 6.24. The standard InChI is InChI=1S/C20H19N5/c1-14-7-4-5-8-16(14)15-9-10-18-17(13-15)19(24(2)3)23-20(22-18)25-12-6-11-21-25/h4-13H,1-3H3. The number of hydrogen-bond donors (Lipinski definition) is 0. The molecular weight excluding hydrogens is 310 g/mol. The van der Waals surface area contributed by atoms with Gasteiger partial charge in [0.05, 0.1) is 5.52 Å². The third kappa shape index (κ3) is 2.74. The summed E-state index contributed by atoms with van der Waals surface area (Å²) in [5.74, 6) is 1.45. The van der Waals surface area contributed by atoms with E-state index in [9.17, 15) is 0 Å². The van der Waals surface area contributed by atoms with Gasteiger partial charge in [0.2, 0.25) is 0 Å². The SMILES string of the molecule is Cc1ccccc1-c1ccc2nc(-n3cccn3)nc(N(C)C)c2c1. The Morgan fingerprint density at radius 3 is 2.52 bits per heavy atom. The molecule has 0 saturated heterocycles. The molecule has 5 heteroatoms. The molecule has 4 rings (SSSR count). The molecule has 0 fully saturated rings. The van der Waals surface area contributed by atoms with Gasteiger partial charge in [-0.3, -0.25) is 0 Å². The Labute approximate surface area is 146 Å². The highest BCUT2D eigenvalue weighted by Crippen LogP contribution is 2.30. The molecule has 0 atom stereocenters. The van der Waals surface area contributed by atoms with Gasteiger partial charge >= 0.3 is 0 Å². The highest BCUT2D eigenvalue weighted by atomic mass is 15.3. The van der Waals surface area contributed by atoms with Gasteiger partial charge in [0.25, 0.3) is 5.95 Å². The summed E-state index contributed by atoms with van der Waals surface area (Å²) in [6.07, 6.45) is 3.58. The Morgan fingerprint density at radius 1 is 0.960 bits per heavy atom. The fraction of sp³-hybridized carbons (Fsp3) is 0.150. The summed E-state index contributed by atoms with van der Waals surface area (Å²) in [5.41, 5.74) is 4.55. The summed E-state index contributed by atoms with van der Waals surface area (Å²) in [5, 5.41) is 5.27. The molecule has 0 aliphatic carbocycles. The molecule has 0 unspecified atom stereocenters. The fourth-order valence-electron chi connectivity index (χ4n) is 3.00. The summed E-state index contributed by atoms with van der Waals surface area (Å²) in [7, 11) is 3.99. The number of nitrogens with zero attached hydrogens (tertiary/aromatic N) is 5. The van der Waals surface area contributed by atoms with Crippen LogP contribution in [0.3, 0.4) is 0 Å². The quantitative estimate of drug-likeness (QED) is 0.573. The monoisotopic (exact) mass is 329 g/mol. The van der Waals surface area contributed by atoms with Gasteiger partial charge < -0.3 is 4.90 Å². The maximum absolute atomic E-state index is 4.72. The molecule has 0 radical (unpaired) electrons. The Morgan fingerprint density at radius 2 is 1.80 bits per heavy atom. The average molecular weight is 329 g/mol. The number of rotatable bonds is 3. The highest BCUT2D eigenvalue weighted by Gasteiger charge is 2.12. The fourth-order valence-corrected chi connectivity index (χ4v) is 3.00. The maximum Gasteiger partial charge on any atom is 0.253 e. The molecule has 2 aromatic heterocycles. The zero-order chi connectivity index (χ0) is 17.4. The topological polar surface area (TPSA) is 46.8 Å². The van der Waals surface area contributed by atoms with Crippen molar-refractivity contribution < 1.29 is 0 Å². The van der Waals surface area contributed by atoms with Crippen LogP contribution in [-0.4, -0.2) is 33.8 Å². The van der Waals surface area contributed by atoms with E-state index in [-0.39, 0.29) is 0 Å². The first-order valence-electron chi connectivity index (χ1n) is 8.18. The number of aromatic nitrogens is 4. The molecule has 25 heavy (non-hydrogen) atoms. The lowest BCUT2D eigenvalue weighted by Crippen LogP contribution is -2.14. The maximum atomic E-state index is 4.72. The molecule has 2 aromatic carbocycles. The number of benzene rings is 2. The van der Waals surface area contributed by atoms with E-state index < -0.39 is 0 Å². The zero-order valence-corrected chi connectivity index (χ0v) is 14.5. The van der Waals surface area contributed by atoms with E-state index in [0.717, 1.165) is 16.7 Å². The van der Waals surface area contributed by atoms with Gasteiger partial charge in [-0.1, -0.05) is 30.3 Å². The van der Waals surface area contributed by atoms with Crippen LogP contribution in [0.4, 0.5) is 5.82 Å². The van der Waals surface area contributed by atoms with Crippen molar-refractivity contribution in [1.82, 2.24) is 19.7 Å². The summed E-state index contributed by atoms with van der Waals surface area (Å²) in [4.78, 5) is 11.4. The minimum atomic E-state index is 0.574. The van der Waals surface area contributed by atoms with Crippen molar-refractivity contribution in [2.75, 3.05) is 19.0 Å². The highest BCUT2D eigenvalue weighted by molar-refractivity contribution is 5.93. The van der Waals surface area contributed by atoms with Crippen molar-refractivity contribution in [3.8, 4) is 17.1 Å². The lowest BCUT2D eigenvalue weighted by Gasteiger charge is -2.16. The summed E-state index contributed by atoms with van der Waals surface area (Å²) in [6, 6.07) is 16.6. The Kier molecular flexibility index (Phi) is 3.69. The average Bonchev–Trinajstić information content (AvgIpc) is 3.15. The first-order chi connectivity index (χ1) is 12.1. The van der Waals surface area contributed by atoms with Crippen molar-refractivity contribution in [3.05, 3.63) is 66.5 Å². The number of anilines is 1. The van der Waals surface area contributed by atoms with E-state index in [1.54, 1.807) is 10.9 Å². The van der Waals surface area contributed by atoms with E-state index in [4.69, 9.17) is 4.98 Å². The molecular formula is C20H19N5. The smallest absolute Gasteiger partial charge is 0.253 e. The predicted octanol–water partition coefficient (Wildman–Crippen LogP) is 3.86. The summed E-state index contributed by atoms with van der Waals surface area (Å²) in [6.45, 7) is 2.13. The van der Waals surface area contributed by atoms with Crippen LogP contribution in [0, 0.1) is 6.92 Å². The lowest BCUT2D eigenvalue weighted by molar-refractivity contribution is 0.812. The molecule has 0 N–H and O–H groups in total. The number of aryl methyl sites for hydroxylation is 1. The molecule has 0 aliphatic rings. The van der Waals surface area contributed by atoms with Crippen LogP contribution in [0.1, 0.15) is 5.56 Å². The van der Waals surface area contributed by atoms with Crippen LogP contribution in [0.5, 0.6) is 0 Å². The van der Waals surface area contributed by atoms with Crippen molar-refractivity contribution in [1.29, 1.82) is 0 Å². The predicted molar refractivity (Wildman–Crippen MR) is 101 cm³/mol.